The number of phenols is 1. The van der Waals surface area contributed by atoms with Gasteiger partial charge in [0.25, 0.3) is 5.91 Å². The van der Waals surface area contributed by atoms with Gasteiger partial charge in [-0.25, -0.2) is 4.39 Å². The Hall–Kier alpha value is -3.01. The van der Waals surface area contributed by atoms with Crippen molar-refractivity contribution in [2.75, 3.05) is 6.61 Å². The van der Waals surface area contributed by atoms with Crippen molar-refractivity contribution in [2.24, 2.45) is 0 Å². The second-order valence-corrected chi connectivity index (χ2v) is 8.98. The van der Waals surface area contributed by atoms with Gasteiger partial charge in [0, 0.05) is 30.0 Å². The number of benzene rings is 1. The smallest absolute Gasteiger partial charge is 0.411 e. The second-order valence-electron chi connectivity index (χ2n) is 8.98. The van der Waals surface area contributed by atoms with Crippen molar-refractivity contribution >= 4 is 11.7 Å². The van der Waals surface area contributed by atoms with Crippen LogP contribution in [0.4, 0.5) is 17.6 Å². The number of carbonyl (C=O) groups is 2. The van der Waals surface area contributed by atoms with Crippen molar-refractivity contribution in [1.82, 2.24) is 10.3 Å². The average molecular weight is 468 g/mol. The van der Waals surface area contributed by atoms with Crippen molar-refractivity contribution in [3.8, 4) is 5.75 Å². The topological polar surface area (TPSA) is 99.5 Å². The molecule has 178 valence electrons. The van der Waals surface area contributed by atoms with Gasteiger partial charge in [-0.05, 0) is 48.2 Å². The summed E-state index contributed by atoms with van der Waals surface area (Å²) in [5, 5.41) is 21.6. The molecule has 1 aliphatic rings. The van der Waals surface area contributed by atoms with E-state index in [0.29, 0.717) is 5.56 Å². The highest BCUT2D eigenvalue weighted by Gasteiger charge is 2.64. The van der Waals surface area contributed by atoms with Crippen LogP contribution in [0.3, 0.4) is 0 Å². The van der Waals surface area contributed by atoms with Crippen molar-refractivity contribution < 1.29 is 37.4 Å². The first-order valence-corrected chi connectivity index (χ1v) is 10.3. The lowest BCUT2D eigenvalue weighted by Gasteiger charge is -2.24. The minimum atomic E-state index is -4.56. The molecular weight excluding hydrogens is 444 g/mol. The molecule has 1 heterocycles. The van der Waals surface area contributed by atoms with Crippen molar-refractivity contribution in [1.29, 1.82) is 0 Å². The van der Waals surface area contributed by atoms with E-state index in [1.807, 2.05) is 5.32 Å². The highest BCUT2D eigenvalue weighted by molar-refractivity contribution is 5.93. The molecule has 0 saturated heterocycles. The number of aliphatic hydroxyl groups excluding tert-OH is 1. The third-order valence-corrected chi connectivity index (χ3v) is 5.78. The Morgan fingerprint density at radius 3 is 2.39 bits per heavy atom. The summed E-state index contributed by atoms with van der Waals surface area (Å²) in [5.74, 6) is -2.39. The number of nitrogens with one attached hydrogen (secondary N) is 1. The first-order chi connectivity index (χ1) is 15.3. The molecule has 0 radical (unpaired) electrons. The van der Waals surface area contributed by atoms with Crippen LogP contribution in [0.2, 0.25) is 0 Å². The predicted molar refractivity (Wildman–Crippen MR) is 110 cm³/mol. The third-order valence-electron chi connectivity index (χ3n) is 5.78. The molecule has 1 saturated carbocycles. The van der Waals surface area contributed by atoms with Gasteiger partial charge in [-0.15, -0.1) is 0 Å². The molecule has 10 heteroatoms. The molecule has 33 heavy (non-hydrogen) atoms. The SMILES string of the molecule is CC(C)(CO)c1cc(F)c(CC(=O)Cc2ccnc(C(=O)NC3(C(F)(F)F)CC3)c2)cc1O. The molecule has 2 aromatic rings. The molecule has 0 atom stereocenters. The van der Waals surface area contributed by atoms with Gasteiger partial charge >= 0.3 is 6.18 Å². The number of Topliss-reactive ketones (excluding diaryl/α,β-unsaturated/α-hetero) is 1. The van der Waals surface area contributed by atoms with Gasteiger partial charge in [-0.3, -0.25) is 14.6 Å². The number of nitrogens with zero attached hydrogens (tertiary/aromatic N) is 1. The van der Waals surface area contributed by atoms with Crippen LogP contribution in [-0.4, -0.2) is 45.2 Å². The molecular formula is C23H24F4N2O4. The summed E-state index contributed by atoms with van der Waals surface area (Å²) in [6, 6.07) is 4.88. The maximum Gasteiger partial charge on any atom is 0.411 e. The number of hydrogen-bond donors (Lipinski definition) is 3. The summed E-state index contributed by atoms with van der Waals surface area (Å²) in [6.45, 7) is 2.94. The fourth-order valence-electron chi connectivity index (χ4n) is 3.46. The molecule has 1 amide bonds. The van der Waals surface area contributed by atoms with E-state index in [0.717, 1.165) is 12.1 Å². The predicted octanol–water partition coefficient (Wildman–Crippen LogP) is 3.38. The van der Waals surface area contributed by atoms with E-state index in [2.05, 4.69) is 4.98 Å². The van der Waals surface area contributed by atoms with Gasteiger partial charge in [-0.1, -0.05) is 13.8 Å². The van der Waals surface area contributed by atoms with Crippen LogP contribution < -0.4 is 5.32 Å². The zero-order valence-electron chi connectivity index (χ0n) is 18.1. The lowest BCUT2D eigenvalue weighted by Crippen LogP contribution is -2.48. The Morgan fingerprint density at radius 1 is 1.15 bits per heavy atom. The Labute approximate surface area is 187 Å². The van der Waals surface area contributed by atoms with E-state index in [-0.39, 0.29) is 54.9 Å². The minimum Gasteiger partial charge on any atom is -0.508 e. The number of alkyl halides is 3. The summed E-state index contributed by atoms with van der Waals surface area (Å²) in [4.78, 5) is 28.5. The van der Waals surface area contributed by atoms with E-state index < -0.39 is 34.6 Å². The number of aromatic hydroxyl groups is 1. The number of carbonyl (C=O) groups excluding carboxylic acids is 2. The largest absolute Gasteiger partial charge is 0.508 e. The van der Waals surface area contributed by atoms with Gasteiger partial charge in [0.2, 0.25) is 0 Å². The van der Waals surface area contributed by atoms with Crippen LogP contribution in [0, 0.1) is 5.82 Å². The molecule has 1 aromatic carbocycles. The van der Waals surface area contributed by atoms with Crippen LogP contribution in [0.5, 0.6) is 5.75 Å². The first-order valence-electron chi connectivity index (χ1n) is 10.3. The molecule has 6 nitrogen and oxygen atoms in total. The average Bonchev–Trinajstić information content (AvgIpc) is 3.51. The highest BCUT2D eigenvalue weighted by Crippen LogP contribution is 2.49. The third kappa shape index (κ3) is 5.32. The zero-order chi connectivity index (χ0) is 24.6. The summed E-state index contributed by atoms with van der Waals surface area (Å²) >= 11 is 0. The van der Waals surface area contributed by atoms with Crippen LogP contribution in [0.1, 0.15) is 53.9 Å². The lowest BCUT2D eigenvalue weighted by atomic mass is 9.84. The lowest BCUT2D eigenvalue weighted by molar-refractivity contribution is -0.163. The van der Waals surface area contributed by atoms with Crippen LogP contribution in [-0.2, 0) is 23.1 Å². The molecule has 3 N–H and O–H groups in total. The molecule has 0 aliphatic heterocycles. The summed E-state index contributed by atoms with van der Waals surface area (Å²) in [7, 11) is 0. The molecule has 3 rings (SSSR count). The van der Waals surface area contributed by atoms with Crippen LogP contribution in [0.15, 0.2) is 30.5 Å². The molecule has 1 fully saturated rings. The number of amides is 1. The quantitative estimate of drug-likeness (QED) is 0.516. The Morgan fingerprint density at radius 2 is 1.82 bits per heavy atom. The van der Waals surface area contributed by atoms with Crippen molar-refractivity contribution in [3.05, 3.63) is 58.7 Å². The first kappa shape index (κ1) is 24.6. The Kier molecular flexibility index (Phi) is 6.52. The van der Waals surface area contributed by atoms with Crippen LogP contribution >= 0.6 is 0 Å². The minimum absolute atomic E-state index is 0.0390. The highest BCUT2D eigenvalue weighted by atomic mass is 19.4. The van der Waals surface area contributed by atoms with Crippen molar-refractivity contribution in [3.63, 3.8) is 0 Å². The number of aromatic nitrogens is 1. The van der Waals surface area contributed by atoms with Gasteiger partial charge in [0.1, 0.15) is 28.6 Å². The van der Waals surface area contributed by atoms with E-state index >= 15 is 0 Å². The number of pyridine rings is 1. The summed E-state index contributed by atoms with van der Waals surface area (Å²) in [5.41, 5.74) is -2.87. The Balaban J connectivity index is 1.69. The fourth-order valence-corrected chi connectivity index (χ4v) is 3.46. The van der Waals surface area contributed by atoms with E-state index in [1.165, 1.54) is 18.3 Å². The maximum absolute atomic E-state index is 14.5. The molecule has 1 aromatic heterocycles. The maximum atomic E-state index is 14.5. The second kappa shape index (κ2) is 8.74. The molecule has 1 aliphatic carbocycles. The Bertz CT molecular complexity index is 1080. The molecule has 0 unspecified atom stereocenters. The van der Waals surface area contributed by atoms with Gasteiger partial charge < -0.3 is 15.5 Å². The van der Waals surface area contributed by atoms with Gasteiger partial charge in [0.15, 0.2) is 0 Å². The standard InChI is InChI=1S/C23H24F4N2O4/c1-21(2,12-30)16-11-17(24)14(10-19(16)32)9-15(31)7-13-3-6-28-18(8-13)20(33)29-22(4-5-22)23(25,26)27/h3,6,8,10-11,30,32H,4-5,7,9,12H2,1-2H3,(H,29,33). The number of ketones is 1. The molecule has 0 spiro atoms. The summed E-state index contributed by atoms with van der Waals surface area (Å²) < 4.78 is 53.7. The van der Waals surface area contributed by atoms with Gasteiger partial charge in [-0.2, -0.15) is 13.2 Å². The zero-order valence-corrected chi connectivity index (χ0v) is 18.1. The number of hydrogen-bond acceptors (Lipinski definition) is 5. The van der Waals surface area contributed by atoms with Crippen LogP contribution in [0.25, 0.3) is 0 Å². The monoisotopic (exact) mass is 468 g/mol. The van der Waals surface area contributed by atoms with Crippen molar-refractivity contribution in [2.45, 2.75) is 56.7 Å². The van der Waals surface area contributed by atoms with E-state index in [1.54, 1.807) is 13.8 Å². The number of aliphatic hydroxyl groups is 1. The number of rotatable bonds is 8. The number of halogens is 4. The van der Waals surface area contributed by atoms with E-state index in [9.17, 15) is 37.4 Å². The summed E-state index contributed by atoms with van der Waals surface area (Å²) in [6.07, 6.45) is -4.31. The molecule has 0 bridgehead atoms. The van der Waals surface area contributed by atoms with E-state index in [4.69, 9.17) is 0 Å². The van der Waals surface area contributed by atoms with Gasteiger partial charge in [0.05, 0.1) is 6.61 Å². The fraction of sp³-hybridized carbons (Fsp3) is 0.435. The number of phenolic OH excluding ortho intramolecular Hbond substituents is 1. The normalized spacial score (nSPS) is 15.2.